The average Bonchev–Trinajstić information content (AvgIpc) is 2.67. The van der Waals surface area contributed by atoms with Gasteiger partial charge in [-0.2, -0.15) is 5.10 Å². The Morgan fingerprint density at radius 3 is 3.00 bits per heavy atom. The van der Waals surface area contributed by atoms with Crippen LogP contribution in [0.1, 0.15) is 18.3 Å². The number of aliphatic carboxylic acids is 1. The van der Waals surface area contributed by atoms with E-state index >= 15 is 0 Å². The molecule has 1 atom stereocenters. The van der Waals surface area contributed by atoms with E-state index in [0.29, 0.717) is 24.7 Å². The van der Waals surface area contributed by atoms with Gasteiger partial charge in [-0.05, 0) is 13.8 Å². The fourth-order valence-electron chi connectivity index (χ4n) is 2.39. The van der Waals surface area contributed by atoms with Crippen molar-refractivity contribution in [3.8, 4) is 0 Å². The first kappa shape index (κ1) is 14.3. The number of carbonyl (C=O) groups is 1. The molecule has 2 rings (SSSR count). The average molecular weight is 287 g/mol. The van der Waals surface area contributed by atoms with E-state index in [4.69, 9.17) is 11.6 Å². The number of carboxylic acids is 1. The van der Waals surface area contributed by atoms with Crippen LogP contribution in [-0.2, 0) is 17.9 Å². The molecule has 2 N–H and O–H groups in total. The Bertz CT molecular complexity index is 475. The van der Waals surface area contributed by atoms with Crippen molar-refractivity contribution in [2.24, 2.45) is 0 Å². The Labute approximate surface area is 117 Å². The largest absolute Gasteiger partial charge is 0.480 e. The Kier molecular flexibility index (Phi) is 4.44. The summed E-state index contributed by atoms with van der Waals surface area (Å²) in [6.07, 6.45) is 0. The Hall–Kier alpha value is -1.11. The van der Waals surface area contributed by atoms with Crippen molar-refractivity contribution >= 4 is 17.6 Å². The molecular formula is C12H19ClN4O2. The second-order valence-electron chi connectivity index (χ2n) is 4.69. The molecule has 0 amide bonds. The van der Waals surface area contributed by atoms with Crippen LogP contribution >= 0.6 is 11.6 Å². The number of nitrogens with one attached hydrogen (secondary N) is 1. The molecule has 19 heavy (non-hydrogen) atoms. The molecule has 0 spiro atoms. The van der Waals surface area contributed by atoms with Gasteiger partial charge in [-0.15, -0.1) is 0 Å². The predicted molar refractivity (Wildman–Crippen MR) is 72.4 cm³/mol. The van der Waals surface area contributed by atoms with Gasteiger partial charge in [0, 0.05) is 32.7 Å². The smallest absolute Gasteiger partial charge is 0.322 e. The van der Waals surface area contributed by atoms with Gasteiger partial charge in [0.1, 0.15) is 6.04 Å². The van der Waals surface area contributed by atoms with Gasteiger partial charge in [0.15, 0.2) is 0 Å². The van der Waals surface area contributed by atoms with Crippen molar-refractivity contribution < 1.29 is 9.90 Å². The van der Waals surface area contributed by atoms with Crippen molar-refractivity contribution in [3.63, 3.8) is 0 Å². The van der Waals surface area contributed by atoms with Crippen LogP contribution in [0.5, 0.6) is 0 Å². The van der Waals surface area contributed by atoms with Gasteiger partial charge >= 0.3 is 5.97 Å². The van der Waals surface area contributed by atoms with E-state index in [-0.39, 0.29) is 0 Å². The molecule has 6 nitrogen and oxygen atoms in total. The summed E-state index contributed by atoms with van der Waals surface area (Å²) in [5, 5.41) is 17.4. The summed E-state index contributed by atoms with van der Waals surface area (Å²) in [7, 11) is 0. The van der Waals surface area contributed by atoms with E-state index in [1.54, 1.807) is 0 Å². The van der Waals surface area contributed by atoms with Crippen LogP contribution in [0, 0.1) is 6.92 Å². The molecule has 1 aliphatic heterocycles. The lowest BCUT2D eigenvalue weighted by Gasteiger charge is -2.33. The Morgan fingerprint density at radius 1 is 1.63 bits per heavy atom. The zero-order valence-corrected chi connectivity index (χ0v) is 11.9. The SMILES string of the molecule is CCn1nc(C)c(Cl)c1CN1CCNCC1C(=O)O. The van der Waals surface area contributed by atoms with Gasteiger partial charge < -0.3 is 10.4 Å². The zero-order valence-electron chi connectivity index (χ0n) is 11.2. The van der Waals surface area contributed by atoms with Gasteiger partial charge in [0.2, 0.25) is 0 Å². The highest BCUT2D eigenvalue weighted by atomic mass is 35.5. The minimum atomic E-state index is -0.803. The maximum Gasteiger partial charge on any atom is 0.322 e. The van der Waals surface area contributed by atoms with E-state index in [0.717, 1.165) is 24.5 Å². The second-order valence-corrected chi connectivity index (χ2v) is 5.07. The third-order valence-electron chi connectivity index (χ3n) is 3.45. The predicted octanol–water partition coefficient (Wildman–Crippen LogP) is 0.723. The molecule has 0 aromatic carbocycles. The van der Waals surface area contributed by atoms with E-state index in [1.807, 2.05) is 23.4 Å². The van der Waals surface area contributed by atoms with E-state index in [1.165, 1.54) is 0 Å². The monoisotopic (exact) mass is 286 g/mol. The van der Waals surface area contributed by atoms with Crippen LogP contribution < -0.4 is 5.32 Å². The van der Waals surface area contributed by atoms with Crippen molar-refractivity contribution in [1.82, 2.24) is 20.0 Å². The molecule has 0 radical (unpaired) electrons. The summed E-state index contributed by atoms with van der Waals surface area (Å²) in [5.41, 5.74) is 1.69. The number of aromatic nitrogens is 2. The maximum absolute atomic E-state index is 11.3. The molecule has 1 saturated heterocycles. The van der Waals surface area contributed by atoms with Crippen LogP contribution in [0.3, 0.4) is 0 Å². The molecule has 7 heteroatoms. The number of hydrogen-bond acceptors (Lipinski definition) is 4. The van der Waals surface area contributed by atoms with Crippen LogP contribution in [0.2, 0.25) is 5.02 Å². The van der Waals surface area contributed by atoms with Crippen molar-refractivity contribution in [3.05, 3.63) is 16.4 Å². The fourth-order valence-corrected chi connectivity index (χ4v) is 2.59. The third-order valence-corrected chi connectivity index (χ3v) is 3.94. The molecular weight excluding hydrogens is 268 g/mol. The molecule has 1 aromatic heterocycles. The molecule has 1 fully saturated rings. The van der Waals surface area contributed by atoms with Gasteiger partial charge in [-0.3, -0.25) is 14.4 Å². The molecule has 0 aliphatic carbocycles. The minimum Gasteiger partial charge on any atom is -0.480 e. The number of halogens is 1. The number of nitrogens with zero attached hydrogens (tertiary/aromatic N) is 3. The first-order valence-electron chi connectivity index (χ1n) is 6.44. The topological polar surface area (TPSA) is 70.4 Å². The molecule has 1 aromatic rings. The van der Waals surface area contributed by atoms with Gasteiger partial charge in [0.05, 0.1) is 16.4 Å². The maximum atomic E-state index is 11.3. The molecule has 0 bridgehead atoms. The summed E-state index contributed by atoms with van der Waals surface area (Å²) in [6.45, 7) is 7.07. The second kappa shape index (κ2) is 5.90. The number of hydrogen-bond donors (Lipinski definition) is 2. The lowest BCUT2D eigenvalue weighted by atomic mass is 10.2. The highest BCUT2D eigenvalue weighted by molar-refractivity contribution is 6.31. The van der Waals surface area contributed by atoms with E-state index in [9.17, 15) is 9.90 Å². The molecule has 1 unspecified atom stereocenters. The first-order valence-corrected chi connectivity index (χ1v) is 6.81. The standard InChI is InChI=1S/C12H19ClN4O2/c1-3-17-10(11(13)8(2)15-17)7-16-5-4-14-6-9(16)12(18)19/h9,14H,3-7H2,1-2H3,(H,18,19). The molecule has 0 saturated carbocycles. The van der Waals surface area contributed by atoms with Gasteiger partial charge in [-0.1, -0.05) is 11.6 Å². The third kappa shape index (κ3) is 2.91. The van der Waals surface area contributed by atoms with E-state index in [2.05, 4.69) is 10.4 Å². The normalized spacial score (nSPS) is 20.7. The minimum absolute atomic E-state index is 0.464. The number of piperazine rings is 1. The number of carboxylic acid groups (broad SMARTS) is 1. The fraction of sp³-hybridized carbons (Fsp3) is 0.667. The van der Waals surface area contributed by atoms with Crippen molar-refractivity contribution in [2.45, 2.75) is 33.0 Å². The molecule has 1 aliphatic rings. The lowest BCUT2D eigenvalue weighted by molar-refractivity contribution is -0.144. The summed E-state index contributed by atoms with van der Waals surface area (Å²) in [6, 6.07) is -0.509. The highest BCUT2D eigenvalue weighted by Crippen LogP contribution is 2.23. The first-order chi connectivity index (χ1) is 9.04. The van der Waals surface area contributed by atoms with Crippen molar-refractivity contribution in [1.29, 1.82) is 0 Å². The van der Waals surface area contributed by atoms with E-state index < -0.39 is 12.0 Å². The van der Waals surface area contributed by atoms with Crippen LogP contribution in [-0.4, -0.2) is 51.4 Å². The zero-order chi connectivity index (χ0) is 14.0. The summed E-state index contributed by atoms with van der Waals surface area (Å²) >= 11 is 6.27. The molecule has 2 heterocycles. The number of aryl methyl sites for hydroxylation is 2. The Balaban J connectivity index is 2.21. The molecule has 106 valence electrons. The van der Waals surface area contributed by atoms with Gasteiger partial charge in [-0.25, -0.2) is 0 Å². The van der Waals surface area contributed by atoms with Gasteiger partial charge in [0.25, 0.3) is 0 Å². The lowest BCUT2D eigenvalue weighted by Crippen LogP contribution is -2.54. The van der Waals surface area contributed by atoms with Crippen LogP contribution in [0.4, 0.5) is 0 Å². The quantitative estimate of drug-likeness (QED) is 0.854. The summed E-state index contributed by atoms with van der Waals surface area (Å²) in [4.78, 5) is 13.2. The summed E-state index contributed by atoms with van der Waals surface area (Å²) in [5.74, 6) is -0.803. The summed E-state index contributed by atoms with van der Waals surface area (Å²) < 4.78 is 1.85. The van der Waals surface area contributed by atoms with Crippen molar-refractivity contribution in [2.75, 3.05) is 19.6 Å². The Morgan fingerprint density at radius 2 is 2.37 bits per heavy atom. The highest BCUT2D eigenvalue weighted by Gasteiger charge is 2.29. The van der Waals surface area contributed by atoms with Crippen LogP contribution in [0.25, 0.3) is 0 Å². The van der Waals surface area contributed by atoms with Crippen LogP contribution in [0.15, 0.2) is 0 Å². The number of rotatable bonds is 4.